The lowest BCUT2D eigenvalue weighted by molar-refractivity contribution is -0.117. The van der Waals surface area contributed by atoms with Gasteiger partial charge in [-0.15, -0.1) is 5.10 Å². The van der Waals surface area contributed by atoms with Crippen molar-refractivity contribution in [1.82, 2.24) is 19.2 Å². The van der Waals surface area contributed by atoms with Crippen molar-refractivity contribution in [2.45, 2.75) is 6.54 Å². The molecule has 0 radical (unpaired) electrons. The van der Waals surface area contributed by atoms with Crippen molar-refractivity contribution in [1.29, 1.82) is 0 Å². The van der Waals surface area contributed by atoms with Gasteiger partial charge < -0.3 is 5.32 Å². The second kappa shape index (κ2) is 6.44. The summed E-state index contributed by atoms with van der Waals surface area (Å²) in [5, 5.41) is 6.99. The van der Waals surface area contributed by atoms with Crippen molar-refractivity contribution in [3.8, 4) is 0 Å². The summed E-state index contributed by atoms with van der Waals surface area (Å²) in [4.78, 5) is 28.6. The smallest absolute Gasteiger partial charge is 0.324 e. The van der Waals surface area contributed by atoms with Crippen LogP contribution in [0.15, 0.2) is 47.5 Å². The van der Waals surface area contributed by atoms with Crippen LogP contribution in [0.3, 0.4) is 0 Å². The number of benzene rings is 2. The molecule has 4 aromatic rings. The summed E-state index contributed by atoms with van der Waals surface area (Å²) in [6.45, 7) is -0.377. The third kappa shape index (κ3) is 3.13. The Morgan fingerprint density at radius 3 is 2.78 bits per heavy atom. The summed E-state index contributed by atoms with van der Waals surface area (Å²) in [5.74, 6) is -1.62. The molecule has 10 heteroatoms. The van der Waals surface area contributed by atoms with E-state index >= 15 is 0 Å². The van der Waals surface area contributed by atoms with Gasteiger partial charge >= 0.3 is 5.69 Å². The van der Waals surface area contributed by atoms with E-state index in [1.807, 2.05) is 0 Å². The van der Waals surface area contributed by atoms with Crippen molar-refractivity contribution in [3.05, 3.63) is 69.9 Å². The highest BCUT2D eigenvalue weighted by Crippen LogP contribution is 2.19. The fourth-order valence-corrected chi connectivity index (χ4v) is 2.82. The van der Waals surface area contributed by atoms with Gasteiger partial charge in [0.2, 0.25) is 5.91 Å². The van der Waals surface area contributed by atoms with E-state index in [0.717, 1.165) is 10.7 Å². The number of hydrogen-bond donors (Lipinski definition) is 1. The third-order valence-electron chi connectivity index (χ3n) is 3.88. The SMILES string of the molecule is O=C(Cn1nc2c3ccc(F)cc3ncn2c1=O)Nc1ccc(F)c(Cl)c1. The van der Waals surface area contributed by atoms with Gasteiger partial charge in [-0.2, -0.15) is 0 Å². The Labute approximate surface area is 154 Å². The second-order valence-electron chi connectivity index (χ2n) is 5.72. The molecular formula is C17H10ClF2N5O2. The quantitative estimate of drug-likeness (QED) is 0.584. The fraction of sp³-hybridized carbons (Fsp3) is 0.0588. The number of nitrogens with one attached hydrogen (secondary N) is 1. The highest BCUT2D eigenvalue weighted by Gasteiger charge is 2.14. The molecule has 1 amide bonds. The monoisotopic (exact) mass is 389 g/mol. The first-order valence-corrected chi connectivity index (χ1v) is 8.08. The average molecular weight is 390 g/mol. The molecule has 4 rings (SSSR count). The predicted molar refractivity (Wildman–Crippen MR) is 94.8 cm³/mol. The minimum atomic E-state index is -0.609. The van der Waals surface area contributed by atoms with E-state index in [0.29, 0.717) is 10.9 Å². The number of halogens is 3. The van der Waals surface area contributed by atoms with Crippen molar-refractivity contribution in [2.75, 3.05) is 5.32 Å². The molecule has 0 aliphatic rings. The Kier molecular flexibility index (Phi) is 4.08. The summed E-state index contributed by atoms with van der Waals surface area (Å²) < 4.78 is 28.6. The van der Waals surface area contributed by atoms with Crippen LogP contribution < -0.4 is 11.0 Å². The maximum absolute atomic E-state index is 13.3. The molecule has 0 saturated heterocycles. The van der Waals surface area contributed by atoms with Gasteiger partial charge in [-0.3, -0.25) is 4.79 Å². The molecule has 1 N–H and O–H groups in total. The van der Waals surface area contributed by atoms with Gasteiger partial charge in [0.1, 0.15) is 24.5 Å². The van der Waals surface area contributed by atoms with Gasteiger partial charge in [-0.05, 0) is 30.3 Å². The number of aromatic nitrogens is 4. The molecule has 0 unspecified atom stereocenters. The van der Waals surface area contributed by atoms with Crippen LogP contribution in [0.1, 0.15) is 0 Å². The van der Waals surface area contributed by atoms with E-state index in [9.17, 15) is 18.4 Å². The van der Waals surface area contributed by atoms with Gasteiger partial charge in [-0.1, -0.05) is 11.6 Å². The van der Waals surface area contributed by atoms with E-state index in [1.165, 1.54) is 41.1 Å². The topological polar surface area (TPSA) is 81.3 Å². The third-order valence-corrected chi connectivity index (χ3v) is 4.17. The maximum atomic E-state index is 13.3. The standard InChI is InChI=1S/C17H10ClF2N5O2/c18-12-6-10(2-4-13(12)20)22-15(26)7-25-17(27)24-8-21-14-5-9(19)1-3-11(14)16(24)23-25/h1-6,8H,7H2,(H,22,26). The zero-order valence-corrected chi connectivity index (χ0v) is 14.2. The average Bonchev–Trinajstić information content (AvgIpc) is 2.94. The molecule has 0 saturated carbocycles. The summed E-state index contributed by atoms with van der Waals surface area (Å²) in [6.07, 6.45) is 1.22. The number of rotatable bonds is 3. The number of carbonyl (C=O) groups excluding carboxylic acids is 1. The van der Waals surface area contributed by atoms with Gasteiger partial charge in [-0.25, -0.2) is 27.6 Å². The molecule has 27 heavy (non-hydrogen) atoms. The Hall–Kier alpha value is -3.33. The first kappa shape index (κ1) is 17.1. The Morgan fingerprint density at radius 2 is 2.00 bits per heavy atom. The minimum absolute atomic E-state index is 0.137. The maximum Gasteiger partial charge on any atom is 0.352 e. The van der Waals surface area contributed by atoms with E-state index in [2.05, 4.69) is 15.4 Å². The van der Waals surface area contributed by atoms with Crippen LogP contribution in [0.5, 0.6) is 0 Å². The molecule has 0 fully saturated rings. The van der Waals surface area contributed by atoms with Crippen LogP contribution in [0.25, 0.3) is 16.6 Å². The molecule has 136 valence electrons. The van der Waals surface area contributed by atoms with Crippen molar-refractivity contribution in [3.63, 3.8) is 0 Å². The molecule has 2 aromatic carbocycles. The largest absolute Gasteiger partial charge is 0.352 e. The lowest BCUT2D eigenvalue weighted by Gasteiger charge is -2.05. The van der Waals surface area contributed by atoms with Crippen LogP contribution in [0.2, 0.25) is 5.02 Å². The lowest BCUT2D eigenvalue weighted by atomic mass is 10.2. The number of anilines is 1. The van der Waals surface area contributed by atoms with Crippen LogP contribution in [0.4, 0.5) is 14.5 Å². The number of fused-ring (bicyclic) bond motifs is 3. The molecule has 0 bridgehead atoms. The van der Waals surface area contributed by atoms with Gasteiger partial charge in [0.15, 0.2) is 5.65 Å². The van der Waals surface area contributed by atoms with Crippen LogP contribution in [-0.4, -0.2) is 25.1 Å². The number of nitrogens with zero attached hydrogens (tertiary/aromatic N) is 4. The van der Waals surface area contributed by atoms with Gasteiger partial charge in [0.05, 0.1) is 10.5 Å². The minimum Gasteiger partial charge on any atom is -0.324 e. The molecule has 0 aliphatic carbocycles. The Bertz CT molecular complexity index is 1270. The highest BCUT2D eigenvalue weighted by atomic mass is 35.5. The van der Waals surface area contributed by atoms with E-state index in [1.54, 1.807) is 0 Å². The highest BCUT2D eigenvalue weighted by molar-refractivity contribution is 6.31. The number of hydrogen-bond acceptors (Lipinski definition) is 4. The Morgan fingerprint density at radius 1 is 1.19 bits per heavy atom. The first-order valence-electron chi connectivity index (χ1n) is 7.71. The van der Waals surface area contributed by atoms with Gasteiger partial charge in [0, 0.05) is 17.1 Å². The van der Waals surface area contributed by atoms with E-state index in [-0.39, 0.29) is 22.9 Å². The number of carbonyl (C=O) groups is 1. The van der Waals surface area contributed by atoms with Crippen LogP contribution in [0, 0.1) is 11.6 Å². The molecule has 0 spiro atoms. The van der Waals surface area contributed by atoms with Crippen LogP contribution in [-0.2, 0) is 11.3 Å². The molecule has 0 aliphatic heterocycles. The first-order chi connectivity index (χ1) is 12.9. The molecule has 7 nitrogen and oxygen atoms in total. The fourth-order valence-electron chi connectivity index (χ4n) is 2.64. The van der Waals surface area contributed by atoms with Crippen molar-refractivity contribution < 1.29 is 13.6 Å². The zero-order valence-electron chi connectivity index (χ0n) is 13.5. The Balaban J connectivity index is 1.66. The lowest BCUT2D eigenvalue weighted by Crippen LogP contribution is -2.28. The second-order valence-corrected chi connectivity index (χ2v) is 6.12. The predicted octanol–water partition coefficient (Wildman–Crippen LogP) is 2.61. The van der Waals surface area contributed by atoms with Crippen LogP contribution >= 0.6 is 11.6 Å². The number of amides is 1. The molecular weight excluding hydrogens is 380 g/mol. The van der Waals surface area contributed by atoms with Crippen molar-refractivity contribution >= 4 is 39.7 Å². The summed E-state index contributed by atoms with van der Waals surface area (Å²) in [6, 6.07) is 7.64. The normalized spacial score (nSPS) is 11.2. The van der Waals surface area contributed by atoms with E-state index < -0.39 is 23.2 Å². The van der Waals surface area contributed by atoms with E-state index in [4.69, 9.17) is 11.6 Å². The molecule has 0 atom stereocenters. The van der Waals surface area contributed by atoms with Gasteiger partial charge in [0.25, 0.3) is 0 Å². The zero-order chi connectivity index (χ0) is 19.1. The molecule has 2 aromatic heterocycles. The van der Waals surface area contributed by atoms with Crippen molar-refractivity contribution in [2.24, 2.45) is 0 Å². The summed E-state index contributed by atoms with van der Waals surface area (Å²) >= 11 is 5.67. The summed E-state index contributed by atoms with van der Waals surface area (Å²) in [5.41, 5.74) is 0.300. The molecule has 2 heterocycles. The summed E-state index contributed by atoms with van der Waals surface area (Å²) in [7, 11) is 0.